The molecule has 1 aromatic carbocycles. The normalized spacial score (nSPS) is 12.1. The van der Waals surface area contributed by atoms with E-state index in [1.807, 2.05) is 6.92 Å². The molecular weight excluding hydrogens is 208 g/mol. The van der Waals surface area contributed by atoms with Gasteiger partial charge in [-0.2, -0.15) is 0 Å². The number of benzene rings is 1. The zero-order valence-electron chi connectivity index (χ0n) is 9.10. The van der Waals surface area contributed by atoms with E-state index in [-0.39, 0.29) is 17.4 Å². The molecule has 0 bridgehead atoms. The predicted octanol–water partition coefficient (Wildman–Crippen LogP) is 0.565. The van der Waals surface area contributed by atoms with E-state index in [4.69, 9.17) is 5.73 Å². The highest BCUT2D eigenvalue weighted by Gasteiger charge is 2.16. The van der Waals surface area contributed by atoms with Crippen LogP contribution in [0.3, 0.4) is 0 Å². The molecule has 0 spiro atoms. The molecule has 5 heteroatoms. The molecule has 0 heterocycles. The van der Waals surface area contributed by atoms with Gasteiger partial charge < -0.3 is 21.3 Å². The highest BCUT2D eigenvalue weighted by molar-refractivity contribution is 5.97. The number of rotatable bonds is 4. The first-order valence-electron chi connectivity index (χ1n) is 5.12. The van der Waals surface area contributed by atoms with Crippen LogP contribution in [0.4, 0.5) is 0 Å². The highest BCUT2D eigenvalue weighted by atomic mass is 16.3. The Hall–Kier alpha value is -1.75. The molecule has 88 valence electrons. The topological polar surface area (TPSA) is 95.6 Å². The number of nitrogens with two attached hydrogens (primary N) is 1. The number of carbonyl (C=O) groups is 1. The Morgan fingerprint density at radius 1 is 1.50 bits per heavy atom. The van der Waals surface area contributed by atoms with Crippen LogP contribution < -0.4 is 11.1 Å². The number of nitrogens with one attached hydrogen (secondary N) is 1. The van der Waals surface area contributed by atoms with E-state index in [9.17, 15) is 15.0 Å². The number of phenolic OH excluding ortho intramolecular Hbond substituents is 2. The zero-order valence-corrected chi connectivity index (χ0v) is 9.10. The smallest absolute Gasteiger partial charge is 0.255 e. The Morgan fingerprint density at radius 2 is 2.19 bits per heavy atom. The second-order valence-corrected chi connectivity index (χ2v) is 3.49. The third kappa shape index (κ3) is 2.64. The van der Waals surface area contributed by atoms with Crippen molar-refractivity contribution in [2.24, 2.45) is 5.73 Å². The van der Waals surface area contributed by atoms with Crippen LogP contribution in [0.2, 0.25) is 0 Å². The van der Waals surface area contributed by atoms with Crippen LogP contribution >= 0.6 is 0 Å². The summed E-state index contributed by atoms with van der Waals surface area (Å²) in [5.74, 6) is -1.16. The van der Waals surface area contributed by atoms with Gasteiger partial charge >= 0.3 is 0 Å². The standard InChI is InChI=1S/C11H16N2O3/c1-2-7(6-12)13-11(16)8-4-3-5-9(14)10(8)15/h3-5,7,14-15H,2,6,12H2,1H3,(H,13,16). The van der Waals surface area contributed by atoms with Crippen molar-refractivity contribution in [3.05, 3.63) is 23.8 Å². The van der Waals surface area contributed by atoms with E-state index in [1.54, 1.807) is 0 Å². The number of hydrogen-bond donors (Lipinski definition) is 4. The summed E-state index contributed by atoms with van der Waals surface area (Å²) < 4.78 is 0. The predicted molar refractivity (Wildman–Crippen MR) is 60.4 cm³/mol. The van der Waals surface area contributed by atoms with E-state index in [2.05, 4.69) is 5.32 Å². The van der Waals surface area contributed by atoms with Crippen molar-refractivity contribution in [3.63, 3.8) is 0 Å². The van der Waals surface area contributed by atoms with E-state index in [0.717, 1.165) is 0 Å². The van der Waals surface area contributed by atoms with Crippen LogP contribution in [0.5, 0.6) is 11.5 Å². The quantitative estimate of drug-likeness (QED) is 0.562. The van der Waals surface area contributed by atoms with Gasteiger partial charge in [-0.05, 0) is 18.6 Å². The minimum absolute atomic E-state index is 0.0481. The van der Waals surface area contributed by atoms with Gasteiger partial charge in [-0.1, -0.05) is 13.0 Å². The van der Waals surface area contributed by atoms with E-state index in [1.165, 1.54) is 18.2 Å². The molecule has 1 rings (SSSR count). The first kappa shape index (κ1) is 12.3. The van der Waals surface area contributed by atoms with Crippen LogP contribution in [-0.2, 0) is 0 Å². The van der Waals surface area contributed by atoms with Crippen LogP contribution in [0.15, 0.2) is 18.2 Å². The average molecular weight is 224 g/mol. The maximum Gasteiger partial charge on any atom is 0.255 e. The number of hydrogen-bond acceptors (Lipinski definition) is 4. The van der Waals surface area contributed by atoms with Crippen molar-refractivity contribution in [2.45, 2.75) is 19.4 Å². The Kier molecular flexibility index (Phi) is 4.13. The molecule has 5 nitrogen and oxygen atoms in total. The third-order valence-corrected chi connectivity index (χ3v) is 2.37. The Labute approximate surface area is 93.9 Å². The van der Waals surface area contributed by atoms with Gasteiger partial charge in [0.25, 0.3) is 5.91 Å². The molecule has 1 atom stereocenters. The summed E-state index contributed by atoms with van der Waals surface area (Å²) in [5, 5.41) is 21.4. The first-order valence-corrected chi connectivity index (χ1v) is 5.12. The van der Waals surface area contributed by atoms with E-state index >= 15 is 0 Å². The Morgan fingerprint density at radius 3 is 2.75 bits per heavy atom. The van der Waals surface area contributed by atoms with E-state index in [0.29, 0.717) is 13.0 Å². The van der Waals surface area contributed by atoms with Gasteiger partial charge in [-0.3, -0.25) is 4.79 Å². The Bertz CT molecular complexity index is 375. The molecule has 16 heavy (non-hydrogen) atoms. The second-order valence-electron chi connectivity index (χ2n) is 3.49. The molecule has 1 unspecified atom stereocenters. The zero-order chi connectivity index (χ0) is 12.1. The fraction of sp³-hybridized carbons (Fsp3) is 0.364. The molecule has 1 aromatic rings. The van der Waals surface area contributed by atoms with Gasteiger partial charge in [0.15, 0.2) is 11.5 Å². The summed E-state index contributed by atoms with van der Waals surface area (Å²) in [5.41, 5.74) is 5.50. The van der Waals surface area contributed by atoms with Gasteiger partial charge in [0.2, 0.25) is 0 Å². The maximum atomic E-state index is 11.7. The van der Waals surface area contributed by atoms with Crippen LogP contribution in [0, 0.1) is 0 Å². The molecule has 0 aliphatic heterocycles. The molecule has 0 aromatic heterocycles. The molecule has 0 aliphatic carbocycles. The molecule has 0 radical (unpaired) electrons. The van der Waals surface area contributed by atoms with Crippen molar-refractivity contribution in [1.82, 2.24) is 5.32 Å². The van der Waals surface area contributed by atoms with Crippen LogP contribution in [-0.4, -0.2) is 28.7 Å². The lowest BCUT2D eigenvalue weighted by atomic mass is 10.1. The monoisotopic (exact) mass is 224 g/mol. The fourth-order valence-electron chi connectivity index (χ4n) is 1.31. The number of amides is 1. The molecule has 0 fully saturated rings. The van der Waals surface area contributed by atoms with E-state index < -0.39 is 11.7 Å². The van der Waals surface area contributed by atoms with Crippen molar-refractivity contribution in [1.29, 1.82) is 0 Å². The minimum atomic E-state index is -0.439. The fourth-order valence-corrected chi connectivity index (χ4v) is 1.31. The number of carbonyl (C=O) groups excluding carboxylic acids is 1. The van der Waals surface area contributed by atoms with Gasteiger partial charge in [-0.25, -0.2) is 0 Å². The van der Waals surface area contributed by atoms with Crippen molar-refractivity contribution >= 4 is 5.91 Å². The maximum absolute atomic E-state index is 11.7. The van der Waals surface area contributed by atoms with Gasteiger partial charge in [0, 0.05) is 12.6 Å². The SMILES string of the molecule is CCC(CN)NC(=O)c1cccc(O)c1O. The number of para-hydroxylation sites is 1. The number of phenols is 2. The summed E-state index contributed by atoms with van der Waals surface area (Å²) in [6.07, 6.45) is 0.710. The summed E-state index contributed by atoms with van der Waals surface area (Å²) in [4.78, 5) is 11.7. The first-order chi connectivity index (χ1) is 7.60. The minimum Gasteiger partial charge on any atom is -0.504 e. The number of aromatic hydroxyl groups is 2. The van der Waals surface area contributed by atoms with Crippen molar-refractivity contribution in [2.75, 3.05) is 6.54 Å². The van der Waals surface area contributed by atoms with Crippen LogP contribution in [0.25, 0.3) is 0 Å². The van der Waals surface area contributed by atoms with Gasteiger partial charge in [0.1, 0.15) is 0 Å². The lowest BCUT2D eigenvalue weighted by molar-refractivity contribution is 0.0934. The molecule has 1 amide bonds. The van der Waals surface area contributed by atoms with Gasteiger partial charge in [-0.15, -0.1) is 0 Å². The van der Waals surface area contributed by atoms with Gasteiger partial charge in [0.05, 0.1) is 5.56 Å². The Balaban J connectivity index is 2.84. The average Bonchev–Trinajstić information content (AvgIpc) is 2.29. The summed E-state index contributed by atoms with van der Waals surface area (Å²) in [6.45, 7) is 2.24. The highest BCUT2D eigenvalue weighted by Crippen LogP contribution is 2.27. The van der Waals surface area contributed by atoms with Crippen molar-refractivity contribution < 1.29 is 15.0 Å². The molecule has 5 N–H and O–H groups in total. The summed E-state index contributed by atoms with van der Waals surface area (Å²) in [7, 11) is 0. The summed E-state index contributed by atoms with van der Waals surface area (Å²) in [6, 6.07) is 4.11. The molecule has 0 saturated heterocycles. The largest absolute Gasteiger partial charge is 0.504 e. The second kappa shape index (κ2) is 5.37. The molecule has 0 saturated carbocycles. The molecule has 0 aliphatic rings. The third-order valence-electron chi connectivity index (χ3n) is 2.37. The lowest BCUT2D eigenvalue weighted by Crippen LogP contribution is -2.39. The van der Waals surface area contributed by atoms with Crippen molar-refractivity contribution in [3.8, 4) is 11.5 Å². The molecular formula is C11H16N2O3. The summed E-state index contributed by atoms with van der Waals surface area (Å²) >= 11 is 0. The lowest BCUT2D eigenvalue weighted by Gasteiger charge is -2.15. The van der Waals surface area contributed by atoms with Crippen LogP contribution in [0.1, 0.15) is 23.7 Å².